The summed E-state index contributed by atoms with van der Waals surface area (Å²) in [6.07, 6.45) is 9.26. The van der Waals surface area contributed by atoms with Gasteiger partial charge in [0.2, 0.25) is 0 Å². The average molecular weight is 345 g/mol. The van der Waals surface area contributed by atoms with Gasteiger partial charge in [0.15, 0.2) is 0 Å². The summed E-state index contributed by atoms with van der Waals surface area (Å²) < 4.78 is 6.36. The van der Waals surface area contributed by atoms with Gasteiger partial charge in [0.25, 0.3) is 0 Å². The van der Waals surface area contributed by atoms with E-state index in [4.69, 9.17) is 4.74 Å². The highest BCUT2D eigenvalue weighted by Gasteiger charge is 2.45. The smallest absolute Gasteiger partial charge is 0.127 e. The lowest BCUT2D eigenvalue weighted by Gasteiger charge is -2.46. The molecule has 0 bridgehead atoms. The van der Waals surface area contributed by atoms with Crippen LogP contribution in [0.2, 0.25) is 0 Å². The van der Waals surface area contributed by atoms with Crippen molar-refractivity contribution in [2.75, 3.05) is 0 Å². The molecule has 2 heteroatoms. The van der Waals surface area contributed by atoms with E-state index in [0.717, 1.165) is 30.6 Å². The highest BCUT2D eigenvalue weighted by Crippen LogP contribution is 2.53. The van der Waals surface area contributed by atoms with Crippen LogP contribution in [0.5, 0.6) is 11.5 Å². The molecule has 1 aliphatic carbocycles. The van der Waals surface area contributed by atoms with Gasteiger partial charge in [0.1, 0.15) is 17.1 Å². The number of fused-ring (bicyclic) bond motifs is 3. The molecule has 2 nitrogen and oxygen atoms in total. The van der Waals surface area contributed by atoms with Crippen LogP contribution in [0.4, 0.5) is 0 Å². The second-order valence-corrected chi connectivity index (χ2v) is 7.87. The summed E-state index contributed by atoms with van der Waals surface area (Å²) in [4.78, 5) is 0. The summed E-state index contributed by atoms with van der Waals surface area (Å²) in [6.45, 7) is 12.8. The maximum Gasteiger partial charge on any atom is 0.127 e. The molecule has 1 aromatic rings. The average Bonchev–Trinajstić information content (AvgIpc) is 2.55. The number of allylic oxidation sites excluding steroid dienone is 2. The molecule has 2 atom stereocenters. The number of hydrogen-bond donors (Lipinski definition) is 1. The van der Waals surface area contributed by atoms with Crippen LogP contribution in [0.25, 0.3) is 0 Å². The molecule has 1 aromatic carbocycles. The van der Waals surface area contributed by atoms with Crippen LogP contribution < -0.4 is 4.74 Å². The first kappa shape index (κ1) is 19.9. The first-order valence-electron chi connectivity index (χ1n) is 10.1. The van der Waals surface area contributed by atoms with Crippen LogP contribution in [-0.4, -0.2) is 10.7 Å². The van der Waals surface area contributed by atoms with Crippen molar-refractivity contribution in [3.8, 4) is 11.5 Å². The minimum absolute atomic E-state index is 0.177. The van der Waals surface area contributed by atoms with Crippen LogP contribution in [-0.2, 0) is 6.42 Å². The fourth-order valence-electron chi connectivity index (χ4n) is 4.30. The highest BCUT2D eigenvalue weighted by atomic mass is 16.5. The lowest BCUT2D eigenvalue weighted by molar-refractivity contribution is 0.0107. The topological polar surface area (TPSA) is 29.5 Å². The van der Waals surface area contributed by atoms with Crippen molar-refractivity contribution < 1.29 is 9.84 Å². The Labute approximate surface area is 154 Å². The third-order valence-corrected chi connectivity index (χ3v) is 5.60. The van der Waals surface area contributed by atoms with E-state index in [1.165, 1.54) is 30.4 Å². The first-order valence-corrected chi connectivity index (χ1v) is 10.1. The first-order chi connectivity index (χ1) is 11.9. The van der Waals surface area contributed by atoms with Crippen LogP contribution in [0, 0.1) is 5.92 Å². The molecular formula is C23H36O2. The monoisotopic (exact) mass is 344 g/mol. The molecule has 0 aromatic heterocycles. The van der Waals surface area contributed by atoms with E-state index in [9.17, 15) is 5.11 Å². The van der Waals surface area contributed by atoms with Crippen LogP contribution in [0.15, 0.2) is 23.8 Å². The lowest BCUT2D eigenvalue weighted by Crippen LogP contribution is -2.45. The molecular weight excluding hydrogens is 308 g/mol. The van der Waals surface area contributed by atoms with Crippen LogP contribution >= 0.6 is 0 Å². The third kappa shape index (κ3) is 4.22. The Morgan fingerprint density at radius 1 is 1.20 bits per heavy atom. The Morgan fingerprint density at radius 3 is 2.60 bits per heavy atom. The van der Waals surface area contributed by atoms with Gasteiger partial charge in [-0.3, -0.25) is 0 Å². The van der Waals surface area contributed by atoms with Crippen molar-refractivity contribution in [2.45, 2.75) is 91.6 Å². The number of phenolic OH excluding ortho intramolecular Hbond substituents is 1. The van der Waals surface area contributed by atoms with Crippen molar-refractivity contribution >= 4 is 0 Å². The Balaban J connectivity index is 0.00000109. The Kier molecular flexibility index (Phi) is 6.59. The van der Waals surface area contributed by atoms with Gasteiger partial charge in [-0.1, -0.05) is 45.3 Å². The molecule has 25 heavy (non-hydrogen) atoms. The van der Waals surface area contributed by atoms with Gasteiger partial charge in [-0.25, -0.2) is 0 Å². The van der Waals surface area contributed by atoms with E-state index in [2.05, 4.69) is 39.8 Å². The van der Waals surface area contributed by atoms with Gasteiger partial charge in [0, 0.05) is 17.4 Å². The second kappa shape index (κ2) is 8.29. The summed E-state index contributed by atoms with van der Waals surface area (Å²) >= 11 is 0. The van der Waals surface area contributed by atoms with Crippen molar-refractivity contribution in [3.63, 3.8) is 0 Å². The van der Waals surface area contributed by atoms with Gasteiger partial charge in [0.05, 0.1) is 0 Å². The van der Waals surface area contributed by atoms with E-state index >= 15 is 0 Å². The third-order valence-electron chi connectivity index (χ3n) is 5.60. The van der Waals surface area contributed by atoms with E-state index in [0.29, 0.717) is 11.7 Å². The molecule has 2 aliphatic rings. The molecule has 140 valence electrons. The highest BCUT2D eigenvalue weighted by molar-refractivity contribution is 5.53. The zero-order valence-corrected chi connectivity index (χ0v) is 17.0. The molecule has 0 saturated heterocycles. The van der Waals surface area contributed by atoms with Gasteiger partial charge in [-0.15, -0.1) is 0 Å². The van der Waals surface area contributed by atoms with Gasteiger partial charge >= 0.3 is 0 Å². The minimum atomic E-state index is -0.177. The number of rotatable bonds is 4. The fraction of sp³-hybridized carbons (Fsp3) is 0.652. The SMILES string of the molecule is CC.CCCCCc1cc(O)c2c(c1)OC(C)(C)C1CCC(C)=CC21. The zero-order valence-electron chi connectivity index (χ0n) is 17.0. The Bertz CT molecular complexity index is 613. The zero-order chi connectivity index (χ0) is 18.6. The minimum Gasteiger partial charge on any atom is -0.507 e. The molecule has 1 N–H and O–H groups in total. The van der Waals surface area contributed by atoms with E-state index in [-0.39, 0.29) is 11.5 Å². The number of phenols is 1. The number of aromatic hydroxyl groups is 1. The van der Waals surface area contributed by atoms with Gasteiger partial charge < -0.3 is 9.84 Å². The number of benzene rings is 1. The van der Waals surface area contributed by atoms with Crippen molar-refractivity contribution in [1.82, 2.24) is 0 Å². The van der Waals surface area contributed by atoms with Crippen molar-refractivity contribution in [1.29, 1.82) is 0 Å². The predicted octanol–water partition coefficient (Wildman–Crippen LogP) is 6.76. The molecule has 0 spiro atoms. The molecule has 3 rings (SSSR count). The van der Waals surface area contributed by atoms with Gasteiger partial charge in [-0.05, 0) is 64.2 Å². The maximum absolute atomic E-state index is 10.7. The Hall–Kier alpha value is -1.44. The van der Waals surface area contributed by atoms with E-state index in [1.54, 1.807) is 0 Å². The predicted molar refractivity (Wildman–Crippen MR) is 107 cm³/mol. The summed E-state index contributed by atoms with van der Waals surface area (Å²) in [5.41, 5.74) is 3.46. The molecule has 1 aliphatic heterocycles. The second-order valence-electron chi connectivity index (χ2n) is 7.87. The number of aryl methyl sites for hydroxylation is 1. The molecule has 0 radical (unpaired) electrons. The summed E-state index contributed by atoms with van der Waals surface area (Å²) in [6, 6.07) is 4.13. The maximum atomic E-state index is 10.7. The molecule has 0 fully saturated rings. The van der Waals surface area contributed by atoms with Crippen LogP contribution in [0.1, 0.15) is 90.7 Å². The van der Waals surface area contributed by atoms with Crippen LogP contribution in [0.3, 0.4) is 0 Å². The summed E-state index contributed by atoms with van der Waals surface area (Å²) in [5, 5.41) is 10.7. The molecule has 0 saturated carbocycles. The van der Waals surface area contributed by atoms with Crippen molar-refractivity contribution in [2.24, 2.45) is 5.92 Å². The number of ether oxygens (including phenoxy) is 1. The number of hydrogen-bond acceptors (Lipinski definition) is 2. The van der Waals surface area contributed by atoms with E-state index < -0.39 is 0 Å². The molecule has 2 unspecified atom stereocenters. The van der Waals surface area contributed by atoms with E-state index in [1.807, 2.05) is 19.9 Å². The summed E-state index contributed by atoms with van der Waals surface area (Å²) in [5.74, 6) is 2.04. The van der Waals surface area contributed by atoms with Crippen molar-refractivity contribution in [3.05, 3.63) is 34.9 Å². The largest absolute Gasteiger partial charge is 0.507 e. The lowest BCUT2D eigenvalue weighted by atomic mass is 9.68. The fourth-order valence-corrected chi connectivity index (χ4v) is 4.30. The quantitative estimate of drug-likeness (QED) is 0.483. The summed E-state index contributed by atoms with van der Waals surface area (Å²) in [7, 11) is 0. The number of unbranched alkanes of at least 4 members (excludes halogenated alkanes) is 2. The standard InChI is InChI=1S/C21H30O2.C2H6/c1-5-6-7-8-15-12-18(22)20-16-11-14(2)9-10-17(16)21(3,4)23-19(20)13-15;1-2/h11-13,16-17,22H,5-10H2,1-4H3;1-2H3. The molecule has 1 heterocycles. The normalized spacial score (nSPS) is 23.4. The molecule has 0 amide bonds. The Morgan fingerprint density at radius 2 is 1.92 bits per heavy atom. The van der Waals surface area contributed by atoms with Gasteiger partial charge in [-0.2, -0.15) is 0 Å².